The van der Waals surface area contributed by atoms with Crippen LogP contribution < -0.4 is 5.32 Å². The Morgan fingerprint density at radius 3 is 2.86 bits per heavy atom. The summed E-state index contributed by atoms with van der Waals surface area (Å²) in [5.41, 5.74) is 0.443. The van der Waals surface area contributed by atoms with E-state index in [-0.39, 0.29) is 12.5 Å². The highest BCUT2D eigenvalue weighted by Crippen LogP contribution is 2.15. The summed E-state index contributed by atoms with van der Waals surface area (Å²) >= 11 is 5.67. The molecule has 2 rings (SSSR count). The smallest absolute Gasteiger partial charge is 0.252 e. The molecule has 1 atom stereocenters. The Bertz CT molecular complexity index is 458. The summed E-state index contributed by atoms with van der Waals surface area (Å²) in [6, 6.07) is 3.19. The van der Waals surface area contributed by atoms with Crippen LogP contribution in [0.5, 0.6) is 0 Å². The van der Waals surface area contributed by atoms with E-state index < -0.39 is 6.10 Å². The number of nitrogens with one attached hydrogen (secondary N) is 1. The Hall–Kier alpha value is -1.17. The third kappa shape index (κ3) is 5.26. The number of aliphatic hydroxyl groups excluding tert-OH is 1. The van der Waals surface area contributed by atoms with E-state index in [2.05, 4.69) is 22.1 Å². The van der Waals surface area contributed by atoms with Gasteiger partial charge in [-0.3, -0.25) is 4.79 Å². The van der Waals surface area contributed by atoms with Gasteiger partial charge in [-0.2, -0.15) is 0 Å². The molecule has 1 amide bonds. The maximum Gasteiger partial charge on any atom is 0.252 e. The zero-order valence-electron chi connectivity index (χ0n) is 12.3. The molecular formula is C15H22ClN3O2. The standard InChI is InChI=1S/C15H22ClN3O2/c1-11-4-6-19(7-5-11)10-13(20)9-18-15(21)12-2-3-14(16)17-8-12/h2-3,8,11,13,20H,4-7,9-10H2,1H3,(H,18,21). The first-order valence-electron chi connectivity index (χ1n) is 7.35. The van der Waals surface area contributed by atoms with Gasteiger partial charge in [-0.25, -0.2) is 4.98 Å². The van der Waals surface area contributed by atoms with Crippen LogP contribution in [0.2, 0.25) is 5.15 Å². The molecule has 0 aromatic carbocycles. The first-order valence-corrected chi connectivity index (χ1v) is 7.72. The van der Waals surface area contributed by atoms with Gasteiger partial charge in [-0.05, 0) is 44.0 Å². The summed E-state index contributed by atoms with van der Waals surface area (Å²) in [4.78, 5) is 18.0. The maximum absolute atomic E-state index is 11.9. The van der Waals surface area contributed by atoms with E-state index >= 15 is 0 Å². The number of rotatable bonds is 5. The molecule has 1 unspecified atom stereocenters. The fraction of sp³-hybridized carbons (Fsp3) is 0.600. The van der Waals surface area contributed by atoms with Crippen LogP contribution in [0.4, 0.5) is 0 Å². The molecule has 0 radical (unpaired) electrons. The van der Waals surface area contributed by atoms with Crippen molar-refractivity contribution < 1.29 is 9.90 Å². The lowest BCUT2D eigenvalue weighted by Gasteiger charge is -2.31. The van der Waals surface area contributed by atoms with E-state index in [1.165, 1.54) is 19.0 Å². The van der Waals surface area contributed by atoms with Gasteiger partial charge in [0, 0.05) is 19.3 Å². The first-order chi connectivity index (χ1) is 10.0. The Morgan fingerprint density at radius 2 is 2.24 bits per heavy atom. The molecule has 0 saturated carbocycles. The van der Waals surface area contributed by atoms with Crippen molar-refractivity contribution >= 4 is 17.5 Å². The zero-order chi connectivity index (χ0) is 15.2. The van der Waals surface area contributed by atoms with Crippen LogP contribution in [0.1, 0.15) is 30.1 Å². The number of likely N-dealkylation sites (tertiary alicyclic amines) is 1. The number of amides is 1. The second-order valence-corrected chi connectivity index (χ2v) is 6.10. The monoisotopic (exact) mass is 311 g/mol. The second kappa shape index (κ2) is 7.73. The van der Waals surface area contributed by atoms with Crippen molar-refractivity contribution in [1.29, 1.82) is 0 Å². The molecule has 0 bridgehead atoms. The van der Waals surface area contributed by atoms with E-state index in [4.69, 9.17) is 11.6 Å². The summed E-state index contributed by atoms with van der Waals surface area (Å²) in [5, 5.41) is 13.1. The van der Waals surface area contributed by atoms with Crippen molar-refractivity contribution in [3.8, 4) is 0 Å². The fourth-order valence-corrected chi connectivity index (χ4v) is 2.54. The van der Waals surface area contributed by atoms with Crippen molar-refractivity contribution in [1.82, 2.24) is 15.2 Å². The number of piperidine rings is 1. The van der Waals surface area contributed by atoms with Gasteiger partial charge in [-0.15, -0.1) is 0 Å². The lowest BCUT2D eigenvalue weighted by molar-refractivity contribution is 0.0795. The quantitative estimate of drug-likeness (QED) is 0.810. The third-order valence-electron chi connectivity index (χ3n) is 3.83. The van der Waals surface area contributed by atoms with Gasteiger partial charge in [0.1, 0.15) is 5.15 Å². The SMILES string of the molecule is CC1CCN(CC(O)CNC(=O)c2ccc(Cl)nc2)CC1. The number of aromatic nitrogens is 1. The minimum atomic E-state index is -0.553. The number of carbonyl (C=O) groups is 1. The number of pyridine rings is 1. The van der Waals surface area contributed by atoms with E-state index in [9.17, 15) is 9.90 Å². The molecule has 0 spiro atoms. The molecular weight excluding hydrogens is 290 g/mol. The molecule has 2 heterocycles. The Labute approximate surface area is 130 Å². The summed E-state index contributed by atoms with van der Waals surface area (Å²) < 4.78 is 0. The zero-order valence-corrected chi connectivity index (χ0v) is 13.0. The van der Waals surface area contributed by atoms with Crippen LogP contribution in [0.3, 0.4) is 0 Å². The van der Waals surface area contributed by atoms with Gasteiger partial charge in [0.05, 0.1) is 11.7 Å². The summed E-state index contributed by atoms with van der Waals surface area (Å²) in [6.07, 6.45) is 3.23. The van der Waals surface area contributed by atoms with E-state index in [0.29, 0.717) is 17.3 Å². The average molecular weight is 312 g/mol. The predicted octanol–water partition coefficient (Wildman–Crippen LogP) is 1.56. The number of β-amino-alcohol motifs (C(OH)–C–C–N with tert-alkyl or cyclic N) is 1. The first kappa shape index (κ1) is 16.2. The Morgan fingerprint density at radius 1 is 1.52 bits per heavy atom. The number of aliphatic hydroxyl groups is 1. The van der Waals surface area contributed by atoms with Gasteiger partial charge >= 0.3 is 0 Å². The number of carbonyl (C=O) groups excluding carboxylic acids is 1. The van der Waals surface area contributed by atoms with E-state index in [0.717, 1.165) is 19.0 Å². The molecule has 5 nitrogen and oxygen atoms in total. The van der Waals surface area contributed by atoms with Crippen molar-refractivity contribution in [3.63, 3.8) is 0 Å². The Kier molecular flexibility index (Phi) is 5.96. The normalized spacial score (nSPS) is 18.4. The van der Waals surface area contributed by atoms with Gasteiger partial charge in [0.2, 0.25) is 0 Å². The lowest BCUT2D eigenvalue weighted by Crippen LogP contribution is -2.43. The van der Waals surface area contributed by atoms with Crippen LogP contribution >= 0.6 is 11.6 Å². The van der Waals surface area contributed by atoms with Crippen LogP contribution in [0, 0.1) is 5.92 Å². The molecule has 1 aliphatic heterocycles. The minimum absolute atomic E-state index is 0.244. The molecule has 116 valence electrons. The highest BCUT2D eigenvalue weighted by atomic mass is 35.5. The van der Waals surface area contributed by atoms with Crippen LogP contribution in [-0.4, -0.2) is 53.2 Å². The van der Waals surface area contributed by atoms with Gasteiger partial charge < -0.3 is 15.3 Å². The van der Waals surface area contributed by atoms with Gasteiger partial charge in [0.15, 0.2) is 0 Å². The van der Waals surface area contributed by atoms with E-state index in [1.807, 2.05) is 0 Å². The number of nitrogens with zero attached hydrogens (tertiary/aromatic N) is 2. The molecule has 1 fully saturated rings. The summed E-state index contributed by atoms with van der Waals surface area (Å²) in [7, 11) is 0. The fourth-order valence-electron chi connectivity index (χ4n) is 2.43. The molecule has 6 heteroatoms. The van der Waals surface area contributed by atoms with Gasteiger partial charge in [-0.1, -0.05) is 18.5 Å². The van der Waals surface area contributed by atoms with Crippen LogP contribution in [-0.2, 0) is 0 Å². The second-order valence-electron chi connectivity index (χ2n) is 5.72. The molecule has 21 heavy (non-hydrogen) atoms. The van der Waals surface area contributed by atoms with Crippen LogP contribution in [0.15, 0.2) is 18.3 Å². The van der Waals surface area contributed by atoms with Crippen LogP contribution in [0.25, 0.3) is 0 Å². The Balaban J connectivity index is 1.72. The molecule has 1 aromatic rings. The molecule has 1 aromatic heterocycles. The minimum Gasteiger partial charge on any atom is -0.390 e. The highest BCUT2D eigenvalue weighted by molar-refractivity contribution is 6.29. The third-order valence-corrected chi connectivity index (χ3v) is 4.06. The average Bonchev–Trinajstić information content (AvgIpc) is 2.48. The lowest BCUT2D eigenvalue weighted by atomic mass is 9.99. The van der Waals surface area contributed by atoms with Crippen molar-refractivity contribution in [2.45, 2.75) is 25.9 Å². The summed E-state index contributed by atoms with van der Waals surface area (Å²) in [6.45, 7) is 5.15. The topological polar surface area (TPSA) is 65.5 Å². The van der Waals surface area contributed by atoms with E-state index in [1.54, 1.807) is 12.1 Å². The molecule has 0 aliphatic carbocycles. The molecule has 1 aliphatic rings. The number of hydrogen-bond acceptors (Lipinski definition) is 4. The highest BCUT2D eigenvalue weighted by Gasteiger charge is 2.18. The summed E-state index contributed by atoms with van der Waals surface area (Å²) in [5.74, 6) is 0.529. The van der Waals surface area contributed by atoms with Crippen molar-refractivity contribution in [3.05, 3.63) is 29.0 Å². The maximum atomic E-state index is 11.9. The number of hydrogen-bond donors (Lipinski definition) is 2. The van der Waals surface area contributed by atoms with Gasteiger partial charge in [0.25, 0.3) is 5.91 Å². The predicted molar refractivity (Wildman–Crippen MR) is 82.4 cm³/mol. The van der Waals surface area contributed by atoms with Crippen molar-refractivity contribution in [2.75, 3.05) is 26.2 Å². The molecule has 1 saturated heterocycles. The molecule has 2 N–H and O–H groups in total. The largest absolute Gasteiger partial charge is 0.390 e. The number of halogens is 1. The van der Waals surface area contributed by atoms with Crippen molar-refractivity contribution in [2.24, 2.45) is 5.92 Å².